The summed E-state index contributed by atoms with van der Waals surface area (Å²) < 4.78 is 11.5. The lowest BCUT2D eigenvalue weighted by Gasteiger charge is -2.09. The maximum absolute atomic E-state index is 6.03. The molecular formula is C11H14BrClO2. The number of benzene rings is 1. The second-order valence-electron chi connectivity index (χ2n) is 3.23. The predicted molar refractivity (Wildman–Crippen MR) is 65.9 cm³/mol. The van der Waals surface area contributed by atoms with Gasteiger partial charge in [0.25, 0.3) is 0 Å². The normalized spacial score (nSPS) is 10.4. The van der Waals surface area contributed by atoms with Crippen molar-refractivity contribution in [3.63, 3.8) is 0 Å². The van der Waals surface area contributed by atoms with Gasteiger partial charge in [0.15, 0.2) is 0 Å². The summed E-state index contributed by atoms with van der Waals surface area (Å²) in [4.78, 5) is 0. The van der Waals surface area contributed by atoms with Crippen LogP contribution in [-0.2, 0) is 4.74 Å². The first kappa shape index (κ1) is 12.8. The van der Waals surface area contributed by atoms with Crippen LogP contribution in [-0.4, -0.2) is 20.3 Å². The van der Waals surface area contributed by atoms with Gasteiger partial charge < -0.3 is 9.47 Å². The lowest BCUT2D eigenvalue weighted by molar-refractivity contribution is 0.172. The molecule has 0 bridgehead atoms. The van der Waals surface area contributed by atoms with Crippen LogP contribution >= 0.6 is 27.5 Å². The Hall–Kier alpha value is -0.250. The van der Waals surface area contributed by atoms with Gasteiger partial charge in [-0.1, -0.05) is 27.5 Å². The zero-order valence-corrected chi connectivity index (χ0v) is 11.2. The van der Waals surface area contributed by atoms with Gasteiger partial charge in [-0.25, -0.2) is 0 Å². The summed E-state index contributed by atoms with van der Waals surface area (Å²) in [5, 5.41) is 0.630. The maximum atomic E-state index is 6.03. The molecule has 4 heteroatoms. The van der Waals surface area contributed by atoms with Crippen molar-refractivity contribution in [2.75, 3.05) is 20.3 Å². The second-order valence-corrected chi connectivity index (χ2v) is 4.49. The molecule has 0 saturated carbocycles. The highest BCUT2D eigenvalue weighted by Crippen LogP contribution is 2.30. The van der Waals surface area contributed by atoms with Gasteiger partial charge in [-0.05, 0) is 24.6 Å². The van der Waals surface area contributed by atoms with E-state index in [0.29, 0.717) is 18.2 Å². The Morgan fingerprint density at radius 3 is 2.73 bits per heavy atom. The number of hydrogen-bond donors (Lipinski definition) is 0. The molecule has 0 unspecified atom stereocenters. The number of halogens is 2. The van der Waals surface area contributed by atoms with Gasteiger partial charge in [0.1, 0.15) is 5.75 Å². The van der Waals surface area contributed by atoms with Crippen molar-refractivity contribution in [3.8, 4) is 5.75 Å². The summed E-state index contributed by atoms with van der Waals surface area (Å²) in [6, 6.07) is 3.78. The quantitative estimate of drug-likeness (QED) is 0.768. The van der Waals surface area contributed by atoms with E-state index in [-0.39, 0.29) is 0 Å². The Labute approximate surface area is 104 Å². The third-order valence-corrected chi connectivity index (χ3v) is 3.11. The van der Waals surface area contributed by atoms with E-state index in [4.69, 9.17) is 21.1 Å². The number of hydrogen-bond acceptors (Lipinski definition) is 2. The number of aryl methyl sites for hydroxylation is 1. The standard InChI is InChI=1S/C11H14BrClO2/c1-8-6-11(10(13)7-9(8)12)15-5-3-4-14-2/h6-7H,3-5H2,1-2H3. The molecule has 15 heavy (non-hydrogen) atoms. The minimum absolute atomic E-state index is 0.620. The average molecular weight is 294 g/mol. The number of ether oxygens (including phenoxy) is 2. The molecule has 0 N–H and O–H groups in total. The minimum Gasteiger partial charge on any atom is -0.492 e. The molecule has 0 aliphatic rings. The second kappa shape index (κ2) is 6.36. The van der Waals surface area contributed by atoms with Crippen LogP contribution in [0, 0.1) is 6.92 Å². The molecule has 0 fully saturated rings. The van der Waals surface area contributed by atoms with Crippen LogP contribution in [0.2, 0.25) is 5.02 Å². The molecule has 0 atom stereocenters. The monoisotopic (exact) mass is 292 g/mol. The largest absolute Gasteiger partial charge is 0.492 e. The fourth-order valence-corrected chi connectivity index (χ4v) is 1.82. The smallest absolute Gasteiger partial charge is 0.138 e. The molecular weight excluding hydrogens is 279 g/mol. The van der Waals surface area contributed by atoms with Crippen molar-refractivity contribution in [1.29, 1.82) is 0 Å². The van der Waals surface area contributed by atoms with Crippen LogP contribution in [0.15, 0.2) is 16.6 Å². The zero-order chi connectivity index (χ0) is 11.3. The van der Waals surface area contributed by atoms with Crippen LogP contribution in [0.3, 0.4) is 0 Å². The summed E-state index contributed by atoms with van der Waals surface area (Å²) in [5.74, 6) is 0.730. The fourth-order valence-electron chi connectivity index (χ4n) is 1.13. The summed E-state index contributed by atoms with van der Waals surface area (Å²) in [5.41, 5.74) is 1.11. The van der Waals surface area contributed by atoms with Gasteiger partial charge in [-0.3, -0.25) is 0 Å². The van der Waals surface area contributed by atoms with Crippen molar-refractivity contribution in [1.82, 2.24) is 0 Å². The Morgan fingerprint density at radius 2 is 2.07 bits per heavy atom. The van der Waals surface area contributed by atoms with Crippen molar-refractivity contribution < 1.29 is 9.47 Å². The molecule has 84 valence electrons. The first-order valence-corrected chi connectivity index (χ1v) is 5.89. The average Bonchev–Trinajstić information content (AvgIpc) is 2.20. The van der Waals surface area contributed by atoms with E-state index in [2.05, 4.69) is 15.9 Å². The van der Waals surface area contributed by atoms with Crippen molar-refractivity contribution in [2.24, 2.45) is 0 Å². The SMILES string of the molecule is COCCCOc1cc(C)c(Br)cc1Cl. The molecule has 1 aromatic carbocycles. The summed E-state index contributed by atoms with van der Waals surface area (Å²) in [6.45, 7) is 3.32. The van der Waals surface area contributed by atoms with E-state index in [1.54, 1.807) is 7.11 Å². The summed E-state index contributed by atoms with van der Waals surface area (Å²) in [6.07, 6.45) is 0.863. The maximum Gasteiger partial charge on any atom is 0.138 e. The highest BCUT2D eigenvalue weighted by Gasteiger charge is 2.04. The van der Waals surface area contributed by atoms with Crippen molar-refractivity contribution >= 4 is 27.5 Å². The van der Waals surface area contributed by atoms with Crippen LogP contribution in [0.1, 0.15) is 12.0 Å². The highest BCUT2D eigenvalue weighted by molar-refractivity contribution is 9.10. The molecule has 2 nitrogen and oxygen atoms in total. The number of methoxy groups -OCH3 is 1. The Morgan fingerprint density at radius 1 is 1.33 bits per heavy atom. The molecule has 1 aromatic rings. The van der Waals surface area contributed by atoms with Gasteiger partial charge in [-0.15, -0.1) is 0 Å². The minimum atomic E-state index is 0.620. The number of rotatable bonds is 5. The molecule has 0 aliphatic heterocycles. The van der Waals surface area contributed by atoms with Gasteiger partial charge in [0.2, 0.25) is 0 Å². The predicted octanol–water partition coefficient (Wildman–Crippen LogP) is 3.83. The topological polar surface area (TPSA) is 18.5 Å². The Balaban J connectivity index is 2.57. The third kappa shape index (κ3) is 4.01. The summed E-state index contributed by atoms with van der Waals surface area (Å²) >= 11 is 9.44. The fraction of sp³-hybridized carbons (Fsp3) is 0.455. The van der Waals surface area contributed by atoms with Crippen LogP contribution in [0.25, 0.3) is 0 Å². The van der Waals surface area contributed by atoms with Crippen LogP contribution in [0.4, 0.5) is 0 Å². The van der Waals surface area contributed by atoms with E-state index in [1.165, 1.54) is 0 Å². The third-order valence-electron chi connectivity index (χ3n) is 1.96. The van der Waals surface area contributed by atoms with Crippen molar-refractivity contribution in [3.05, 3.63) is 27.2 Å². The van der Waals surface area contributed by atoms with E-state index >= 15 is 0 Å². The molecule has 0 aromatic heterocycles. The molecule has 0 saturated heterocycles. The van der Waals surface area contributed by atoms with Gasteiger partial charge >= 0.3 is 0 Å². The highest BCUT2D eigenvalue weighted by atomic mass is 79.9. The lowest BCUT2D eigenvalue weighted by atomic mass is 10.2. The van der Waals surface area contributed by atoms with E-state index < -0.39 is 0 Å². The molecule has 0 heterocycles. The van der Waals surface area contributed by atoms with Gasteiger partial charge in [-0.2, -0.15) is 0 Å². The summed E-state index contributed by atoms with van der Waals surface area (Å²) in [7, 11) is 1.68. The molecule has 0 spiro atoms. The molecule has 0 amide bonds. The van der Waals surface area contributed by atoms with E-state index in [0.717, 1.165) is 22.2 Å². The van der Waals surface area contributed by atoms with Crippen LogP contribution in [0.5, 0.6) is 5.75 Å². The first-order chi connectivity index (χ1) is 7.15. The first-order valence-electron chi connectivity index (χ1n) is 4.72. The van der Waals surface area contributed by atoms with E-state index in [9.17, 15) is 0 Å². The van der Waals surface area contributed by atoms with Gasteiger partial charge in [0, 0.05) is 24.6 Å². The van der Waals surface area contributed by atoms with Crippen molar-refractivity contribution in [2.45, 2.75) is 13.3 Å². The molecule has 0 radical (unpaired) electrons. The van der Waals surface area contributed by atoms with E-state index in [1.807, 2.05) is 19.1 Å². The Kier molecular flexibility index (Phi) is 5.43. The van der Waals surface area contributed by atoms with Gasteiger partial charge in [0.05, 0.1) is 11.6 Å². The molecule has 0 aliphatic carbocycles. The zero-order valence-electron chi connectivity index (χ0n) is 8.85. The lowest BCUT2D eigenvalue weighted by Crippen LogP contribution is -2.01. The van der Waals surface area contributed by atoms with Crippen LogP contribution < -0.4 is 4.74 Å². The Bertz CT molecular complexity index is 329. The molecule has 1 rings (SSSR count).